The van der Waals surface area contributed by atoms with Crippen molar-refractivity contribution in [3.63, 3.8) is 0 Å². The van der Waals surface area contributed by atoms with E-state index in [-0.39, 0.29) is 0 Å². The van der Waals surface area contributed by atoms with Crippen molar-refractivity contribution < 1.29 is 4.57 Å². The van der Waals surface area contributed by atoms with Gasteiger partial charge in [0, 0.05) is 17.7 Å². The molecule has 1 heterocycles. The molecule has 0 aliphatic heterocycles. The Morgan fingerprint density at radius 1 is 0.950 bits per heavy atom. The Morgan fingerprint density at radius 2 is 1.60 bits per heavy atom. The summed E-state index contributed by atoms with van der Waals surface area (Å²) in [6.07, 6.45) is 7.77. The third kappa shape index (κ3) is 1.72. The summed E-state index contributed by atoms with van der Waals surface area (Å²) >= 11 is 0. The highest BCUT2D eigenvalue weighted by molar-refractivity contribution is 5.64. The summed E-state index contributed by atoms with van der Waals surface area (Å²) in [5.74, 6) is 1.66. The van der Waals surface area contributed by atoms with Crippen molar-refractivity contribution >= 4 is 0 Å². The average molecular weight is 264 g/mol. The van der Waals surface area contributed by atoms with E-state index in [2.05, 4.69) is 55.1 Å². The van der Waals surface area contributed by atoms with Crippen LogP contribution in [0.1, 0.15) is 54.2 Å². The van der Waals surface area contributed by atoms with Crippen LogP contribution in [0.4, 0.5) is 0 Å². The van der Waals surface area contributed by atoms with Gasteiger partial charge in [0.2, 0.25) is 5.69 Å². The molecule has 1 saturated carbocycles. The summed E-state index contributed by atoms with van der Waals surface area (Å²) in [4.78, 5) is 0. The minimum atomic E-state index is 0.823. The minimum absolute atomic E-state index is 0.823. The van der Waals surface area contributed by atoms with Crippen LogP contribution in [0.2, 0.25) is 0 Å². The number of pyridine rings is 1. The van der Waals surface area contributed by atoms with Gasteiger partial charge in [-0.2, -0.15) is 0 Å². The zero-order valence-corrected chi connectivity index (χ0v) is 12.4. The second-order valence-corrected chi connectivity index (χ2v) is 6.54. The molecule has 1 aromatic carbocycles. The molecular weight excluding hydrogens is 242 g/mol. The van der Waals surface area contributed by atoms with Crippen molar-refractivity contribution in [2.24, 2.45) is 7.05 Å². The van der Waals surface area contributed by atoms with E-state index in [4.69, 9.17) is 0 Å². The largest absolute Gasteiger partial charge is 0.212 e. The number of aryl methyl sites for hydroxylation is 2. The van der Waals surface area contributed by atoms with Crippen molar-refractivity contribution in [1.82, 2.24) is 0 Å². The molecule has 3 aliphatic carbocycles. The summed E-state index contributed by atoms with van der Waals surface area (Å²) in [7, 11) is 2.14. The van der Waals surface area contributed by atoms with E-state index >= 15 is 0 Å². The Hall–Kier alpha value is -1.63. The van der Waals surface area contributed by atoms with Gasteiger partial charge in [0.05, 0.1) is 0 Å². The standard InChI is InChI=1S/C19H22N/c1-13-11-17-14-6-8-15(9-7-14)18(17)12-16(13)19-5-3-4-10-20(19)2/h3-5,10-12,14-15H,6-9H2,1-2H3/q+1. The summed E-state index contributed by atoms with van der Waals surface area (Å²) in [5, 5.41) is 0. The molecule has 1 heteroatoms. The molecule has 0 unspecified atom stereocenters. The molecule has 1 aromatic heterocycles. The summed E-state index contributed by atoms with van der Waals surface area (Å²) in [5.41, 5.74) is 7.48. The van der Waals surface area contributed by atoms with Crippen LogP contribution in [0, 0.1) is 6.92 Å². The topological polar surface area (TPSA) is 3.88 Å². The first-order chi connectivity index (χ1) is 9.74. The monoisotopic (exact) mass is 264 g/mol. The van der Waals surface area contributed by atoms with Gasteiger partial charge in [-0.3, -0.25) is 0 Å². The number of hydrogen-bond acceptors (Lipinski definition) is 0. The third-order valence-corrected chi connectivity index (χ3v) is 5.37. The van der Waals surface area contributed by atoms with Gasteiger partial charge in [-0.1, -0.05) is 6.07 Å². The Kier molecular flexibility index (Phi) is 2.70. The summed E-state index contributed by atoms with van der Waals surface area (Å²) < 4.78 is 2.23. The fraction of sp³-hybridized carbons (Fsp3) is 0.421. The van der Waals surface area contributed by atoms with Crippen molar-refractivity contribution in [3.8, 4) is 11.3 Å². The molecule has 0 radical (unpaired) electrons. The maximum Gasteiger partial charge on any atom is 0.212 e. The van der Waals surface area contributed by atoms with E-state index in [0.29, 0.717) is 0 Å². The molecule has 20 heavy (non-hydrogen) atoms. The molecular formula is C19H22N+. The molecule has 0 amide bonds. The third-order valence-electron chi connectivity index (χ3n) is 5.37. The van der Waals surface area contributed by atoms with Crippen LogP contribution >= 0.6 is 0 Å². The van der Waals surface area contributed by atoms with Crippen LogP contribution in [0.5, 0.6) is 0 Å². The lowest BCUT2D eigenvalue weighted by Crippen LogP contribution is -2.30. The predicted octanol–water partition coefficient (Wildman–Crippen LogP) is 4.24. The van der Waals surface area contributed by atoms with Gasteiger partial charge in [-0.15, -0.1) is 0 Å². The van der Waals surface area contributed by atoms with Gasteiger partial charge in [0.25, 0.3) is 0 Å². The van der Waals surface area contributed by atoms with Gasteiger partial charge >= 0.3 is 0 Å². The smallest absolute Gasteiger partial charge is 0.201 e. The molecule has 0 saturated heterocycles. The van der Waals surface area contributed by atoms with Crippen molar-refractivity contribution in [1.29, 1.82) is 0 Å². The average Bonchev–Trinajstić information content (AvgIpc) is 2.48. The summed E-state index contributed by atoms with van der Waals surface area (Å²) in [6, 6.07) is 11.4. The molecule has 102 valence electrons. The molecule has 2 aromatic rings. The zero-order chi connectivity index (χ0) is 13.7. The molecule has 0 atom stereocenters. The zero-order valence-electron chi connectivity index (χ0n) is 12.4. The Balaban J connectivity index is 1.91. The summed E-state index contributed by atoms with van der Waals surface area (Å²) in [6.45, 7) is 2.27. The fourth-order valence-corrected chi connectivity index (χ4v) is 4.25. The van der Waals surface area contributed by atoms with Crippen LogP contribution in [-0.4, -0.2) is 0 Å². The van der Waals surface area contributed by atoms with Gasteiger partial charge < -0.3 is 0 Å². The molecule has 0 N–H and O–H groups in total. The first-order valence-electron chi connectivity index (χ1n) is 7.83. The molecule has 1 fully saturated rings. The van der Waals surface area contributed by atoms with E-state index < -0.39 is 0 Å². The maximum absolute atomic E-state index is 2.50. The number of aromatic nitrogens is 1. The van der Waals surface area contributed by atoms with Crippen LogP contribution in [0.15, 0.2) is 36.5 Å². The second kappa shape index (κ2) is 4.44. The highest BCUT2D eigenvalue weighted by Crippen LogP contribution is 2.50. The normalized spacial score (nSPS) is 23.7. The molecule has 2 bridgehead atoms. The van der Waals surface area contributed by atoms with Gasteiger partial charge in [0.15, 0.2) is 6.20 Å². The first-order valence-corrected chi connectivity index (χ1v) is 7.83. The maximum atomic E-state index is 2.50. The highest BCUT2D eigenvalue weighted by Gasteiger charge is 2.33. The quantitative estimate of drug-likeness (QED) is 0.678. The molecule has 0 spiro atoms. The SMILES string of the molecule is Cc1cc2c(cc1-c1cccc[n+]1C)C1CCC2CC1. The number of benzene rings is 1. The lowest BCUT2D eigenvalue weighted by Gasteiger charge is -2.38. The van der Waals surface area contributed by atoms with Crippen LogP contribution in [-0.2, 0) is 7.05 Å². The highest BCUT2D eigenvalue weighted by atomic mass is 14.9. The lowest BCUT2D eigenvalue weighted by molar-refractivity contribution is -0.660. The molecule has 5 rings (SSSR count). The number of nitrogens with zero attached hydrogens (tertiary/aromatic N) is 1. The van der Waals surface area contributed by atoms with E-state index in [1.807, 2.05) is 0 Å². The van der Waals surface area contributed by atoms with Crippen LogP contribution in [0.25, 0.3) is 11.3 Å². The van der Waals surface area contributed by atoms with Gasteiger partial charge in [-0.05, 0) is 73.3 Å². The number of hydrogen-bond donors (Lipinski definition) is 0. The van der Waals surface area contributed by atoms with E-state index in [9.17, 15) is 0 Å². The van der Waals surface area contributed by atoms with E-state index in [1.165, 1.54) is 42.5 Å². The minimum Gasteiger partial charge on any atom is -0.201 e. The fourth-order valence-electron chi connectivity index (χ4n) is 4.25. The van der Waals surface area contributed by atoms with Crippen LogP contribution in [0.3, 0.4) is 0 Å². The Bertz CT molecular complexity index is 663. The molecule has 3 aliphatic rings. The number of rotatable bonds is 1. The Labute approximate surface area is 121 Å². The lowest BCUT2D eigenvalue weighted by atomic mass is 9.66. The van der Waals surface area contributed by atoms with E-state index in [0.717, 1.165) is 11.8 Å². The van der Waals surface area contributed by atoms with E-state index in [1.54, 1.807) is 11.1 Å². The van der Waals surface area contributed by atoms with Crippen molar-refractivity contribution in [2.45, 2.75) is 44.4 Å². The molecule has 1 nitrogen and oxygen atoms in total. The predicted molar refractivity (Wildman–Crippen MR) is 81.7 cm³/mol. The van der Waals surface area contributed by atoms with Crippen molar-refractivity contribution in [2.75, 3.05) is 0 Å². The van der Waals surface area contributed by atoms with Crippen molar-refractivity contribution in [3.05, 3.63) is 53.2 Å². The number of fused-ring (bicyclic) bond motifs is 2. The van der Waals surface area contributed by atoms with Crippen LogP contribution < -0.4 is 4.57 Å². The Morgan fingerprint density at radius 3 is 2.25 bits per heavy atom. The second-order valence-electron chi connectivity index (χ2n) is 6.54. The van der Waals surface area contributed by atoms with Gasteiger partial charge in [0.1, 0.15) is 7.05 Å². The first kappa shape index (κ1) is 12.1. The van der Waals surface area contributed by atoms with Gasteiger partial charge in [-0.25, -0.2) is 4.57 Å².